The Hall–Kier alpha value is -2.42. The van der Waals surface area contributed by atoms with Crippen molar-refractivity contribution in [3.8, 4) is 6.07 Å². The molecule has 6 heteroatoms. The highest BCUT2D eigenvalue weighted by molar-refractivity contribution is 5.54. The summed E-state index contributed by atoms with van der Waals surface area (Å²) in [6, 6.07) is 8.59. The molecule has 1 aromatic heterocycles. The summed E-state index contributed by atoms with van der Waals surface area (Å²) in [5.74, 6) is 0.780. The van der Waals surface area contributed by atoms with E-state index in [1.54, 1.807) is 18.4 Å². The van der Waals surface area contributed by atoms with Crippen LogP contribution in [0.25, 0.3) is 0 Å². The number of rotatable bonds is 4. The molecule has 1 aromatic carbocycles. The molecule has 1 atom stereocenters. The molecule has 2 aromatic rings. The van der Waals surface area contributed by atoms with Gasteiger partial charge in [-0.15, -0.1) is 0 Å². The summed E-state index contributed by atoms with van der Waals surface area (Å²) in [4.78, 5) is 0. The van der Waals surface area contributed by atoms with Gasteiger partial charge in [0, 0.05) is 18.2 Å². The standard InChI is InChI=1S/C15H13F3N2O/c1-10(7-13-3-2-6-21-13)20-12-4-5-14(15(16,17)18)11(8-12)9-19/h2-6,8,10,20H,7H2,1H3. The SMILES string of the molecule is CC(Cc1ccco1)Nc1ccc(C(F)(F)F)c(C#N)c1. The molecular formula is C15H13F3N2O. The number of nitrogens with zero attached hydrogens (tertiary/aromatic N) is 1. The number of alkyl halides is 3. The third kappa shape index (κ3) is 3.78. The van der Waals surface area contributed by atoms with Crippen LogP contribution >= 0.6 is 0 Å². The molecule has 1 heterocycles. The Kier molecular flexibility index (Phi) is 4.22. The molecule has 0 bridgehead atoms. The maximum atomic E-state index is 12.7. The molecule has 0 fully saturated rings. The van der Waals surface area contributed by atoms with E-state index >= 15 is 0 Å². The molecule has 1 N–H and O–H groups in total. The summed E-state index contributed by atoms with van der Waals surface area (Å²) >= 11 is 0. The molecule has 3 nitrogen and oxygen atoms in total. The number of benzene rings is 1. The molecule has 0 spiro atoms. The second-order valence-electron chi connectivity index (χ2n) is 4.70. The van der Waals surface area contributed by atoms with Gasteiger partial charge in [0.1, 0.15) is 5.76 Å². The fourth-order valence-electron chi connectivity index (χ4n) is 2.04. The quantitative estimate of drug-likeness (QED) is 0.918. The van der Waals surface area contributed by atoms with E-state index in [2.05, 4.69) is 5.32 Å². The van der Waals surface area contributed by atoms with E-state index in [0.717, 1.165) is 11.8 Å². The van der Waals surface area contributed by atoms with Crippen molar-refractivity contribution in [3.63, 3.8) is 0 Å². The molecule has 2 rings (SSSR count). The first-order valence-electron chi connectivity index (χ1n) is 6.30. The lowest BCUT2D eigenvalue weighted by molar-refractivity contribution is -0.137. The van der Waals surface area contributed by atoms with Crippen molar-refractivity contribution in [2.75, 3.05) is 5.32 Å². The van der Waals surface area contributed by atoms with Gasteiger partial charge in [-0.3, -0.25) is 0 Å². The van der Waals surface area contributed by atoms with Crippen LogP contribution in [0, 0.1) is 11.3 Å². The molecule has 0 saturated carbocycles. The number of anilines is 1. The zero-order chi connectivity index (χ0) is 15.5. The maximum absolute atomic E-state index is 12.7. The van der Waals surface area contributed by atoms with E-state index in [0.29, 0.717) is 12.1 Å². The summed E-state index contributed by atoms with van der Waals surface area (Å²) in [6.45, 7) is 1.88. The van der Waals surface area contributed by atoms with Crippen LogP contribution in [0.15, 0.2) is 41.0 Å². The number of nitriles is 1. The normalized spacial score (nSPS) is 12.7. The number of hydrogen-bond acceptors (Lipinski definition) is 3. The summed E-state index contributed by atoms with van der Waals surface area (Å²) < 4.78 is 43.3. The van der Waals surface area contributed by atoms with E-state index in [9.17, 15) is 13.2 Å². The summed E-state index contributed by atoms with van der Waals surface area (Å²) in [5.41, 5.74) is -0.842. The van der Waals surface area contributed by atoms with Crippen molar-refractivity contribution in [1.82, 2.24) is 0 Å². The largest absolute Gasteiger partial charge is 0.469 e. The Balaban J connectivity index is 2.13. The van der Waals surface area contributed by atoms with Crippen molar-refractivity contribution in [2.24, 2.45) is 0 Å². The van der Waals surface area contributed by atoms with Gasteiger partial charge < -0.3 is 9.73 Å². The predicted molar refractivity (Wildman–Crippen MR) is 71.7 cm³/mol. The molecule has 1 unspecified atom stereocenters. The van der Waals surface area contributed by atoms with Crippen LogP contribution in [0.5, 0.6) is 0 Å². The van der Waals surface area contributed by atoms with Gasteiger partial charge in [0.05, 0.1) is 23.5 Å². The third-order valence-corrected chi connectivity index (χ3v) is 2.95. The zero-order valence-electron chi connectivity index (χ0n) is 11.2. The Morgan fingerprint density at radius 1 is 1.33 bits per heavy atom. The lowest BCUT2D eigenvalue weighted by atomic mass is 10.1. The van der Waals surface area contributed by atoms with E-state index in [4.69, 9.17) is 9.68 Å². The number of halogens is 3. The topological polar surface area (TPSA) is 49.0 Å². The minimum atomic E-state index is -4.52. The molecule has 0 aliphatic rings. The fraction of sp³-hybridized carbons (Fsp3) is 0.267. The third-order valence-electron chi connectivity index (χ3n) is 2.95. The Bertz CT molecular complexity index is 642. The lowest BCUT2D eigenvalue weighted by Gasteiger charge is -2.16. The minimum absolute atomic E-state index is 0.0422. The van der Waals surface area contributed by atoms with Crippen molar-refractivity contribution in [1.29, 1.82) is 5.26 Å². The van der Waals surface area contributed by atoms with Gasteiger partial charge in [0.25, 0.3) is 0 Å². The van der Waals surface area contributed by atoms with Gasteiger partial charge >= 0.3 is 6.18 Å². The minimum Gasteiger partial charge on any atom is -0.469 e. The molecule has 0 amide bonds. The molecule has 0 aliphatic heterocycles. The number of hydrogen-bond donors (Lipinski definition) is 1. The Morgan fingerprint density at radius 2 is 2.10 bits per heavy atom. The van der Waals surface area contributed by atoms with Crippen LogP contribution in [0.2, 0.25) is 0 Å². The van der Waals surface area contributed by atoms with Gasteiger partial charge in [-0.25, -0.2) is 0 Å². The van der Waals surface area contributed by atoms with Gasteiger partial charge in [-0.1, -0.05) is 0 Å². The summed E-state index contributed by atoms with van der Waals surface area (Å²) in [6.07, 6.45) is -2.37. The van der Waals surface area contributed by atoms with Gasteiger partial charge in [-0.2, -0.15) is 18.4 Å². The average Bonchev–Trinajstić information content (AvgIpc) is 2.89. The molecular weight excluding hydrogens is 281 g/mol. The van der Waals surface area contributed by atoms with Crippen LogP contribution < -0.4 is 5.32 Å². The van der Waals surface area contributed by atoms with Crippen LogP contribution in [-0.4, -0.2) is 6.04 Å². The maximum Gasteiger partial charge on any atom is 0.417 e. The fourth-order valence-corrected chi connectivity index (χ4v) is 2.04. The van der Waals surface area contributed by atoms with Gasteiger partial charge in [0.15, 0.2) is 0 Å². The van der Waals surface area contributed by atoms with Crippen LogP contribution in [0.4, 0.5) is 18.9 Å². The predicted octanol–water partition coefficient (Wildman–Crippen LogP) is 4.21. The summed E-state index contributed by atoms with van der Waals surface area (Å²) in [7, 11) is 0. The van der Waals surface area contributed by atoms with E-state index < -0.39 is 17.3 Å². The van der Waals surface area contributed by atoms with Crippen LogP contribution in [0.3, 0.4) is 0 Å². The first kappa shape index (κ1) is 15.0. The van der Waals surface area contributed by atoms with Crippen molar-refractivity contribution < 1.29 is 17.6 Å². The van der Waals surface area contributed by atoms with Crippen molar-refractivity contribution in [3.05, 3.63) is 53.5 Å². The zero-order valence-corrected chi connectivity index (χ0v) is 11.2. The second kappa shape index (κ2) is 5.92. The Morgan fingerprint density at radius 3 is 2.67 bits per heavy atom. The van der Waals surface area contributed by atoms with Crippen LogP contribution in [0.1, 0.15) is 23.8 Å². The van der Waals surface area contributed by atoms with Crippen molar-refractivity contribution in [2.45, 2.75) is 25.6 Å². The molecule has 0 saturated heterocycles. The van der Waals surface area contributed by atoms with Crippen molar-refractivity contribution >= 4 is 5.69 Å². The summed E-state index contributed by atoms with van der Waals surface area (Å²) in [5, 5.41) is 11.9. The molecule has 0 aliphatic carbocycles. The van der Waals surface area contributed by atoms with E-state index in [-0.39, 0.29) is 6.04 Å². The average molecular weight is 294 g/mol. The molecule has 110 valence electrons. The van der Waals surface area contributed by atoms with E-state index in [1.165, 1.54) is 12.1 Å². The van der Waals surface area contributed by atoms with E-state index in [1.807, 2.05) is 13.0 Å². The highest BCUT2D eigenvalue weighted by atomic mass is 19.4. The van der Waals surface area contributed by atoms with Gasteiger partial charge in [-0.05, 0) is 37.3 Å². The first-order chi connectivity index (χ1) is 9.90. The second-order valence-corrected chi connectivity index (χ2v) is 4.70. The van der Waals surface area contributed by atoms with Crippen LogP contribution in [-0.2, 0) is 12.6 Å². The molecule has 0 radical (unpaired) electrons. The highest BCUT2D eigenvalue weighted by Crippen LogP contribution is 2.33. The monoisotopic (exact) mass is 294 g/mol. The van der Waals surface area contributed by atoms with Gasteiger partial charge in [0.2, 0.25) is 0 Å². The first-order valence-corrected chi connectivity index (χ1v) is 6.30. The molecule has 21 heavy (non-hydrogen) atoms. The lowest BCUT2D eigenvalue weighted by Crippen LogP contribution is -2.18. The smallest absolute Gasteiger partial charge is 0.417 e. The number of nitrogens with one attached hydrogen (secondary N) is 1. The Labute approximate surface area is 120 Å². The highest BCUT2D eigenvalue weighted by Gasteiger charge is 2.33. The number of furan rings is 1.